The molecular weight excluding hydrogens is 752 g/mol. The van der Waals surface area contributed by atoms with Gasteiger partial charge in [0, 0.05) is 112 Å². The van der Waals surface area contributed by atoms with Crippen LogP contribution in [0.4, 0.5) is 17.1 Å². The molecule has 2 N–H and O–H groups in total. The summed E-state index contributed by atoms with van der Waals surface area (Å²) < 4.78 is 5.72. The lowest BCUT2D eigenvalue weighted by Gasteiger charge is -2.40. The Bertz CT molecular complexity index is 2230. The zero-order valence-electron chi connectivity index (χ0n) is 33.6. The SMILES string of the molecule is C=C(C)c1c[nH]c2c(N3CCC(c4ccc(N5CCC(CN6CCN(c7cc8c(c(OC)c7)C(=O)N(C7CCC(=O)NC7=O)C8)CC6)CC5)cn4)CC3)ccc(Cl)c12. The number of nitrogens with zero attached hydrogens (tertiary/aromatic N) is 6. The maximum absolute atomic E-state index is 13.4. The number of aromatic amines is 1. The van der Waals surface area contributed by atoms with Crippen LogP contribution in [0.25, 0.3) is 16.5 Å². The molecule has 4 fully saturated rings. The second kappa shape index (κ2) is 15.9. The molecule has 9 rings (SSSR count). The van der Waals surface area contributed by atoms with Crippen LogP contribution in [0.15, 0.2) is 55.4 Å². The summed E-state index contributed by atoms with van der Waals surface area (Å²) in [5, 5.41) is 4.21. The Morgan fingerprint density at radius 2 is 1.64 bits per heavy atom. The number of piperazine rings is 1. The van der Waals surface area contributed by atoms with Gasteiger partial charge in [-0.2, -0.15) is 0 Å². The van der Waals surface area contributed by atoms with Crippen molar-refractivity contribution in [3.8, 4) is 5.75 Å². The molecule has 304 valence electrons. The number of allylic oxidation sites excluding steroid dienone is 1. The van der Waals surface area contributed by atoms with Crippen molar-refractivity contribution < 1.29 is 19.1 Å². The third kappa shape index (κ3) is 7.29. The molecule has 5 aliphatic rings. The van der Waals surface area contributed by atoms with Gasteiger partial charge in [-0.15, -0.1) is 0 Å². The fourth-order valence-corrected chi connectivity index (χ4v) is 10.2. The first-order valence-electron chi connectivity index (χ1n) is 20.9. The molecule has 12 nitrogen and oxygen atoms in total. The van der Waals surface area contributed by atoms with E-state index >= 15 is 0 Å². The second-order valence-electron chi connectivity index (χ2n) is 16.8. The average Bonchev–Trinajstić information content (AvgIpc) is 3.84. The molecule has 1 atom stereocenters. The Balaban J connectivity index is 0.740. The summed E-state index contributed by atoms with van der Waals surface area (Å²) in [6.07, 6.45) is 9.18. The predicted octanol–water partition coefficient (Wildman–Crippen LogP) is 6.44. The van der Waals surface area contributed by atoms with Crippen LogP contribution in [-0.2, 0) is 16.1 Å². The van der Waals surface area contributed by atoms with Crippen molar-refractivity contribution in [1.29, 1.82) is 0 Å². The highest BCUT2D eigenvalue weighted by molar-refractivity contribution is 6.36. The summed E-state index contributed by atoms with van der Waals surface area (Å²) in [5.74, 6) is 0.766. The first-order valence-corrected chi connectivity index (χ1v) is 21.3. The van der Waals surface area contributed by atoms with E-state index < -0.39 is 11.9 Å². The number of benzene rings is 2. The highest BCUT2D eigenvalue weighted by atomic mass is 35.5. The maximum atomic E-state index is 13.4. The minimum absolute atomic E-state index is 0.212. The van der Waals surface area contributed by atoms with Crippen LogP contribution in [-0.4, -0.2) is 110 Å². The number of halogens is 1. The normalized spacial score (nSPS) is 21.2. The molecule has 3 amide bonds. The molecule has 0 spiro atoms. The van der Waals surface area contributed by atoms with E-state index in [0.29, 0.717) is 36.1 Å². The number of hydrogen-bond acceptors (Lipinski definition) is 9. The largest absolute Gasteiger partial charge is 0.496 e. The van der Waals surface area contributed by atoms with Crippen molar-refractivity contribution in [2.45, 2.75) is 64.0 Å². The van der Waals surface area contributed by atoms with Crippen molar-refractivity contribution in [2.75, 3.05) is 80.7 Å². The van der Waals surface area contributed by atoms with Crippen LogP contribution in [0.3, 0.4) is 0 Å². The van der Waals surface area contributed by atoms with E-state index in [4.69, 9.17) is 21.3 Å². The van der Waals surface area contributed by atoms with Gasteiger partial charge in [0.2, 0.25) is 11.8 Å². The predicted molar refractivity (Wildman–Crippen MR) is 229 cm³/mol. The molecule has 0 bridgehead atoms. The first kappa shape index (κ1) is 38.4. The summed E-state index contributed by atoms with van der Waals surface area (Å²) in [6, 6.07) is 12.1. The van der Waals surface area contributed by atoms with Gasteiger partial charge < -0.3 is 29.3 Å². The second-order valence-corrected chi connectivity index (χ2v) is 17.2. The van der Waals surface area contributed by atoms with E-state index in [2.05, 4.69) is 66.9 Å². The van der Waals surface area contributed by atoms with Crippen LogP contribution < -0.4 is 24.8 Å². The number of aromatic nitrogens is 2. The number of nitrogens with one attached hydrogen (secondary N) is 2. The van der Waals surface area contributed by atoms with Crippen molar-refractivity contribution in [1.82, 2.24) is 25.1 Å². The molecule has 13 heteroatoms. The summed E-state index contributed by atoms with van der Waals surface area (Å²) in [4.78, 5) is 57.7. The average molecular weight is 805 g/mol. The quantitative estimate of drug-likeness (QED) is 0.185. The topological polar surface area (TPSA) is 117 Å². The van der Waals surface area contributed by atoms with Gasteiger partial charge in [0.15, 0.2) is 0 Å². The Hall–Kier alpha value is -5.07. The standard InChI is InChI=1S/C45H53ClN8O4/c1-28(2)34-25-48-43-37(7-5-35(46)42(34)43)53-16-12-30(13-17-53)36-6-4-32(24-47-36)51-14-10-29(11-15-51)26-50-18-20-52(21-19-50)33-22-31-27-54(38-8-9-40(55)49-44(38)56)45(57)41(31)39(23-33)58-3/h4-7,22-25,29-30,38,48H,1,8-21,26-27H2,2-3H3,(H,49,55,56). The van der Waals surface area contributed by atoms with E-state index in [1.54, 1.807) is 12.0 Å². The van der Waals surface area contributed by atoms with Gasteiger partial charge in [-0.3, -0.25) is 29.6 Å². The number of amides is 3. The van der Waals surface area contributed by atoms with E-state index in [0.717, 1.165) is 110 Å². The van der Waals surface area contributed by atoms with E-state index in [-0.39, 0.29) is 18.2 Å². The lowest BCUT2D eigenvalue weighted by Crippen LogP contribution is -2.52. The van der Waals surface area contributed by atoms with E-state index in [9.17, 15) is 14.4 Å². The van der Waals surface area contributed by atoms with Crippen LogP contribution in [0.2, 0.25) is 5.02 Å². The van der Waals surface area contributed by atoms with E-state index in [1.807, 2.05) is 25.3 Å². The number of carbonyl (C=O) groups excluding carboxylic acids is 3. The van der Waals surface area contributed by atoms with Gasteiger partial charge in [0.25, 0.3) is 5.91 Å². The third-order valence-electron chi connectivity index (χ3n) is 13.3. The summed E-state index contributed by atoms with van der Waals surface area (Å²) in [6.45, 7) is 15.4. The zero-order chi connectivity index (χ0) is 40.1. The van der Waals surface area contributed by atoms with Gasteiger partial charge in [0.05, 0.1) is 40.8 Å². The molecule has 4 aromatic rings. The van der Waals surface area contributed by atoms with Crippen molar-refractivity contribution >= 4 is 62.9 Å². The summed E-state index contributed by atoms with van der Waals surface area (Å²) >= 11 is 6.63. The Kier molecular flexibility index (Phi) is 10.6. The van der Waals surface area contributed by atoms with Gasteiger partial charge in [-0.25, -0.2) is 0 Å². The molecule has 2 aromatic heterocycles. The molecule has 4 saturated heterocycles. The number of H-pyrrole nitrogens is 1. The minimum Gasteiger partial charge on any atom is -0.496 e. The zero-order valence-corrected chi connectivity index (χ0v) is 34.3. The fourth-order valence-electron chi connectivity index (χ4n) is 9.96. The number of rotatable bonds is 9. The number of imide groups is 1. The Labute approximate surface area is 345 Å². The molecule has 7 heterocycles. The molecule has 58 heavy (non-hydrogen) atoms. The number of methoxy groups -OCH3 is 1. The maximum Gasteiger partial charge on any atom is 0.258 e. The molecule has 1 unspecified atom stereocenters. The van der Waals surface area contributed by atoms with Crippen molar-refractivity contribution in [2.24, 2.45) is 5.92 Å². The monoisotopic (exact) mass is 804 g/mol. The van der Waals surface area contributed by atoms with E-state index in [1.165, 1.54) is 29.9 Å². The first-order chi connectivity index (χ1) is 28.1. The van der Waals surface area contributed by atoms with Gasteiger partial charge >= 0.3 is 0 Å². The molecule has 0 aliphatic carbocycles. The molecule has 0 saturated carbocycles. The number of pyridine rings is 1. The highest BCUT2D eigenvalue weighted by Crippen LogP contribution is 2.40. The van der Waals surface area contributed by atoms with Crippen LogP contribution in [0, 0.1) is 5.92 Å². The summed E-state index contributed by atoms with van der Waals surface area (Å²) in [7, 11) is 1.59. The number of piperidine rings is 3. The number of ether oxygens (including phenoxy) is 1. The number of anilines is 3. The molecular formula is C45H53ClN8O4. The van der Waals surface area contributed by atoms with Crippen LogP contribution in [0.5, 0.6) is 5.75 Å². The van der Waals surface area contributed by atoms with Crippen molar-refractivity contribution in [3.63, 3.8) is 0 Å². The lowest BCUT2D eigenvalue weighted by molar-refractivity contribution is -0.136. The lowest BCUT2D eigenvalue weighted by atomic mass is 9.92. The van der Waals surface area contributed by atoms with Gasteiger partial charge in [-0.05, 0) is 86.4 Å². The fraction of sp³-hybridized carbons (Fsp3) is 0.467. The number of carbonyl (C=O) groups is 3. The van der Waals surface area contributed by atoms with Gasteiger partial charge in [0.1, 0.15) is 11.8 Å². The number of fused-ring (bicyclic) bond motifs is 2. The minimum atomic E-state index is -0.645. The van der Waals surface area contributed by atoms with Crippen LogP contribution >= 0.6 is 11.6 Å². The molecule has 2 aromatic carbocycles. The Morgan fingerprint density at radius 1 is 0.897 bits per heavy atom. The van der Waals surface area contributed by atoms with Crippen molar-refractivity contribution in [3.05, 3.63) is 82.8 Å². The number of hydrogen-bond donors (Lipinski definition) is 2. The third-order valence-corrected chi connectivity index (χ3v) is 13.6. The smallest absolute Gasteiger partial charge is 0.258 e. The molecule has 0 radical (unpaired) electrons. The summed E-state index contributed by atoms with van der Waals surface area (Å²) in [5.41, 5.74) is 9.25. The van der Waals surface area contributed by atoms with Gasteiger partial charge in [-0.1, -0.05) is 18.2 Å². The Morgan fingerprint density at radius 3 is 2.33 bits per heavy atom. The highest BCUT2D eigenvalue weighted by Gasteiger charge is 2.41. The molecule has 5 aliphatic heterocycles. The van der Waals surface area contributed by atoms with Crippen LogP contribution in [0.1, 0.15) is 78.5 Å².